The van der Waals surface area contributed by atoms with Crippen LogP contribution in [0.15, 0.2) is 33.7 Å². The highest BCUT2D eigenvalue weighted by atomic mass is 31.1. The maximum Gasteiger partial charge on any atom is -0.00735 e. The van der Waals surface area contributed by atoms with E-state index in [-0.39, 0.29) is 0 Å². The van der Waals surface area contributed by atoms with E-state index in [4.69, 9.17) is 0 Å². The standard InChI is InChI=1S/C10H11P/c1-6-4-9-5-11-8(3)10(9)7(6)2/h4-5H,1-3H3. The van der Waals surface area contributed by atoms with Crippen molar-refractivity contribution in [2.75, 3.05) is 0 Å². The summed E-state index contributed by atoms with van der Waals surface area (Å²) in [5.41, 5.74) is 5.85. The van der Waals surface area contributed by atoms with E-state index in [9.17, 15) is 0 Å². The second kappa shape index (κ2) is 2.19. The van der Waals surface area contributed by atoms with Crippen LogP contribution in [0.1, 0.15) is 20.8 Å². The molecule has 1 heteroatoms. The van der Waals surface area contributed by atoms with Crippen LogP contribution in [0.4, 0.5) is 0 Å². The molecule has 0 saturated heterocycles. The fourth-order valence-electron chi connectivity index (χ4n) is 1.64. The summed E-state index contributed by atoms with van der Waals surface area (Å²) < 4.78 is 0. The van der Waals surface area contributed by atoms with Crippen LogP contribution in [-0.2, 0) is 0 Å². The molecule has 0 atom stereocenters. The summed E-state index contributed by atoms with van der Waals surface area (Å²) >= 11 is 0. The smallest absolute Gasteiger partial charge is 0.00735 e. The van der Waals surface area contributed by atoms with Crippen LogP contribution in [0.2, 0.25) is 0 Å². The van der Waals surface area contributed by atoms with Crippen LogP contribution in [0.25, 0.3) is 0 Å². The summed E-state index contributed by atoms with van der Waals surface area (Å²) in [5.74, 6) is 2.30. The molecule has 1 aliphatic heterocycles. The summed E-state index contributed by atoms with van der Waals surface area (Å²) in [6, 6.07) is 0. The molecule has 0 N–H and O–H groups in total. The van der Waals surface area contributed by atoms with Gasteiger partial charge in [0.1, 0.15) is 0 Å². The fourth-order valence-corrected chi connectivity index (χ4v) is 2.60. The summed E-state index contributed by atoms with van der Waals surface area (Å²) in [4.78, 5) is 0. The van der Waals surface area contributed by atoms with Crippen molar-refractivity contribution in [3.8, 4) is 0 Å². The minimum Gasteiger partial charge on any atom is -0.0719 e. The summed E-state index contributed by atoms with van der Waals surface area (Å²) in [6.07, 6.45) is 2.29. The summed E-state index contributed by atoms with van der Waals surface area (Å²) in [6.45, 7) is 6.62. The monoisotopic (exact) mass is 162 g/mol. The zero-order valence-electron chi connectivity index (χ0n) is 7.10. The van der Waals surface area contributed by atoms with Crippen molar-refractivity contribution in [2.45, 2.75) is 20.8 Å². The molecule has 0 radical (unpaired) electrons. The molecule has 11 heavy (non-hydrogen) atoms. The van der Waals surface area contributed by atoms with Crippen LogP contribution >= 0.6 is 8.20 Å². The lowest BCUT2D eigenvalue weighted by Crippen LogP contribution is -1.83. The summed E-state index contributed by atoms with van der Waals surface area (Å²) in [5, 5.41) is 1.51. The first-order valence-electron chi connectivity index (χ1n) is 3.85. The lowest BCUT2D eigenvalue weighted by molar-refractivity contribution is 1.36. The highest BCUT2D eigenvalue weighted by molar-refractivity contribution is 7.44. The zero-order chi connectivity index (χ0) is 8.01. The normalized spacial score (nSPS) is 23.0. The Bertz CT molecular complexity index is 334. The van der Waals surface area contributed by atoms with Gasteiger partial charge >= 0.3 is 0 Å². The van der Waals surface area contributed by atoms with Crippen LogP contribution in [-0.4, -0.2) is 5.80 Å². The van der Waals surface area contributed by atoms with Gasteiger partial charge in [-0.15, -0.1) is 0 Å². The molecule has 0 aromatic heterocycles. The van der Waals surface area contributed by atoms with Gasteiger partial charge in [-0.1, -0.05) is 14.3 Å². The Hall–Kier alpha value is -0.610. The molecule has 0 aromatic rings. The average Bonchev–Trinajstić information content (AvgIpc) is 2.41. The molecule has 0 bridgehead atoms. The Kier molecular flexibility index (Phi) is 1.40. The molecule has 0 saturated carbocycles. The fraction of sp³-hybridized carbons (Fsp3) is 0.300. The van der Waals surface area contributed by atoms with Gasteiger partial charge in [-0.25, -0.2) is 0 Å². The van der Waals surface area contributed by atoms with E-state index < -0.39 is 0 Å². The summed E-state index contributed by atoms with van der Waals surface area (Å²) in [7, 11) is 1.39. The molecular weight excluding hydrogens is 151 g/mol. The SMILES string of the molecule is CC1=C(C)C2=C(C)P=CC2=C1. The Morgan fingerprint density at radius 2 is 1.91 bits per heavy atom. The number of hydrogen-bond acceptors (Lipinski definition) is 0. The molecule has 1 heterocycles. The van der Waals surface area contributed by atoms with Crippen molar-refractivity contribution in [3.63, 3.8) is 0 Å². The average molecular weight is 162 g/mol. The number of rotatable bonds is 0. The minimum absolute atomic E-state index is 1.39. The van der Waals surface area contributed by atoms with E-state index >= 15 is 0 Å². The minimum atomic E-state index is 1.39. The van der Waals surface area contributed by atoms with Gasteiger partial charge in [0.25, 0.3) is 0 Å². The van der Waals surface area contributed by atoms with Gasteiger partial charge < -0.3 is 0 Å². The Morgan fingerprint density at radius 1 is 1.18 bits per heavy atom. The van der Waals surface area contributed by atoms with E-state index in [2.05, 4.69) is 32.6 Å². The largest absolute Gasteiger partial charge is 0.0719 e. The van der Waals surface area contributed by atoms with Crippen LogP contribution in [0, 0.1) is 0 Å². The third-order valence-electron chi connectivity index (χ3n) is 2.39. The number of allylic oxidation sites excluding steroid dienone is 6. The quantitative estimate of drug-likeness (QED) is 0.479. The maximum atomic E-state index is 2.30. The molecule has 1 aliphatic carbocycles. The Morgan fingerprint density at radius 3 is 2.55 bits per heavy atom. The van der Waals surface area contributed by atoms with Gasteiger partial charge in [0.05, 0.1) is 0 Å². The van der Waals surface area contributed by atoms with Gasteiger partial charge in [-0.05, 0) is 54.2 Å². The molecule has 0 spiro atoms. The van der Waals surface area contributed by atoms with Gasteiger partial charge in [0, 0.05) is 0 Å². The van der Waals surface area contributed by atoms with Gasteiger partial charge in [-0.2, -0.15) is 0 Å². The third kappa shape index (κ3) is 0.862. The molecule has 56 valence electrons. The van der Waals surface area contributed by atoms with Crippen LogP contribution < -0.4 is 0 Å². The van der Waals surface area contributed by atoms with Gasteiger partial charge in [0.2, 0.25) is 0 Å². The molecule has 2 rings (SSSR count). The van der Waals surface area contributed by atoms with E-state index in [0.29, 0.717) is 0 Å². The van der Waals surface area contributed by atoms with Crippen molar-refractivity contribution >= 4 is 14.0 Å². The van der Waals surface area contributed by atoms with Gasteiger partial charge in [-0.3, -0.25) is 0 Å². The van der Waals surface area contributed by atoms with Gasteiger partial charge in [0.15, 0.2) is 0 Å². The molecule has 0 nitrogen and oxygen atoms in total. The molecule has 2 aliphatic rings. The van der Waals surface area contributed by atoms with Crippen molar-refractivity contribution in [1.29, 1.82) is 0 Å². The zero-order valence-corrected chi connectivity index (χ0v) is 8.00. The highest BCUT2D eigenvalue weighted by Crippen LogP contribution is 2.40. The van der Waals surface area contributed by atoms with E-state index in [1.54, 1.807) is 0 Å². The molecule has 0 amide bonds. The number of fused-ring (bicyclic) bond motifs is 1. The maximum absolute atomic E-state index is 2.30. The predicted octanol–water partition coefficient (Wildman–Crippen LogP) is 3.30. The third-order valence-corrected chi connectivity index (χ3v) is 3.40. The second-order valence-corrected chi connectivity index (χ2v) is 4.31. The molecule has 0 fully saturated rings. The van der Waals surface area contributed by atoms with E-state index in [1.165, 1.54) is 35.8 Å². The first-order valence-corrected chi connectivity index (χ1v) is 4.81. The Labute approximate surface area is 69.1 Å². The predicted molar refractivity (Wildman–Crippen MR) is 52.1 cm³/mol. The van der Waals surface area contributed by atoms with E-state index in [0.717, 1.165) is 0 Å². The lowest BCUT2D eigenvalue weighted by Gasteiger charge is -2.00. The lowest BCUT2D eigenvalue weighted by atomic mass is 10.1. The first-order chi connectivity index (χ1) is 5.20. The van der Waals surface area contributed by atoms with Crippen molar-refractivity contribution < 1.29 is 0 Å². The first kappa shape index (κ1) is 7.06. The van der Waals surface area contributed by atoms with Crippen molar-refractivity contribution in [1.82, 2.24) is 0 Å². The van der Waals surface area contributed by atoms with E-state index in [1.807, 2.05) is 0 Å². The van der Waals surface area contributed by atoms with Crippen molar-refractivity contribution in [3.05, 3.63) is 33.7 Å². The molecule has 0 aromatic carbocycles. The van der Waals surface area contributed by atoms with Crippen molar-refractivity contribution in [2.24, 2.45) is 0 Å². The number of hydrogen-bond donors (Lipinski definition) is 0. The second-order valence-electron chi connectivity index (χ2n) is 3.13. The molecule has 0 unspecified atom stereocenters. The topological polar surface area (TPSA) is 0 Å². The van der Waals surface area contributed by atoms with Crippen LogP contribution in [0.5, 0.6) is 0 Å². The van der Waals surface area contributed by atoms with Crippen LogP contribution in [0.3, 0.4) is 0 Å². The Balaban J connectivity index is 2.62. The highest BCUT2D eigenvalue weighted by Gasteiger charge is 2.19. The molecular formula is C10H11P.